The zero-order chi connectivity index (χ0) is 25.9. The maximum absolute atomic E-state index is 9.92. The molecular weight excluding hydrogens is 481 g/mol. The van der Waals surface area contributed by atoms with Gasteiger partial charge >= 0.3 is 0 Å². The van der Waals surface area contributed by atoms with Crippen molar-refractivity contribution in [3.05, 3.63) is 0 Å². The molecule has 1 N–H and O–H groups in total. The average Bonchev–Trinajstić information content (AvgIpc) is 2.71. The minimum atomic E-state index is -1.83. The lowest BCUT2D eigenvalue weighted by Crippen LogP contribution is -2.35. The molecule has 0 saturated carbocycles. The summed E-state index contributed by atoms with van der Waals surface area (Å²) < 4.78 is 23.2. The molecule has 0 aromatic rings. The second kappa shape index (κ2) is 19.5. The van der Waals surface area contributed by atoms with E-state index in [1.807, 2.05) is 0 Å². The average molecular weight is 539 g/mol. The van der Waals surface area contributed by atoms with Gasteiger partial charge in [0.25, 0.3) is 0 Å². The van der Waals surface area contributed by atoms with E-state index >= 15 is 0 Å². The molecule has 0 aliphatic heterocycles. The molecule has 9 heteroatoms. The first-order valence-electron chi connectivity index (χ1n) is 13.6. The SMILES string of the molecule is CCCOCC(O)COCCC[Si](C)(CCCOO[Si](C)(C)C)OCCCCCC[Si](C)(C)C. The summed E-state index contributed by atoms with van der Waals surface area (Å²) >= 11 is 0. The maximum atomic E-state index is 9.92. The summed E-state index contributed by atoms with van der Waals surface area (Å²) in [6, 6.07) is 3.57. The lowest BCUT2D eigenvalue weighted by atomic mass is 10.2. The Morgan fingerprint density at radius 2 is 1.24 bits per heavy atom. The monoisotopic (exact) mass is 538 g/mol. The molecule has 2 unspecified atom stereocenters. The topological polar surface area (TPSA) is 66.4 Å². The van der Waals surface area contributed by atoms with Crippen molar-refractivity contribution in [2.24, 2.45) is 0 Å². The van der Waals surface area contributed by atoms with Gasteiger partial charge in [-0.15, -0.1) is 0 Å². The third kappa shape index (κ3) is 24.1. The standard InChI is InChI=1S/C25H58O6Si3/c1-9-16-27-23-25(26)24-28-17-14-21-34(8,22-15-18-29-31-33(5,6)7)30-19-12-10-11-13-20-32(2,3)4/h25-26H,9-24H2,1-8H3. The lowest BCUT2D eigenvalue weighted by molar-refractivity contribution is -0.217. The van der Waals surface area contributed by atoms with Crippen molar-refractivity contribution in [2.45, 2.75) is 122 Å². The Labute approximate surface area is 214 Å². The minimum Gasteiger partial charge on any atom is -0.417 e. The second-order valence-electron chi connectivity index (χ2n) is 12.1. The first kappa shape index (κ1) is 34.4. The van der Waals surface area contributed by atoms with Crippen molar-refractivity contribution < 1.29 is 28.5 Å². The Balaban J connectivity index is 4.28. The number of aliphatic hydroxyl groups excluding tert-OH is 1. The van der Waals surface area contributed by atoms with Crippen LogP contribution in [-0.2, 0) is 23.4 Å². The van der Waals surface area contributed by atoms with E-state index in [9.17, 15) is 5.11 Å². The third-order valence-corrected chi connectivity index (χ3v) is 11.7. The highest BCUT2D eigenvalue weighted by molar-refractivity contribution is 6.76. The van der Waals surface area contributed by atoms with E-state index in [1.165, 1.54) is 25.3 Å². The summed E-state index contributed by atoms with van der Waals surface area (Å²) in [6.45, 7) is 21.7. The predicted molar refractivity (Wildman–Crippen MR) is 151 cm³/mol. The quantitative estimate of drug-likeness (QED) is 0.0628. The van der Waals surface area contributed by atoms with E-state index in [0.29, 0.717) is 33.0 Å². The van der Waals surface area contributed by atoms with Crippen LogP contribution in [0.5, 0.6) is 0 Å². The Kier molecular flexibility index (Phi) is 19.7. The van der Waals surface area contributed by atoms with Gasteiger partial charge in [-0.2, -0.15) is 0 Å². The number of hydrogen-bond acceptors (Lipinski definition) is 6. The normalized spacial score (nSPS) is 15.4. The first-order chi connectivity index (χ1) is 15.9. The van der Waals surface area contributed by atoms with Gasteiger partial charge in [-0.3, -0.25) is 4.58 Å². The summed E-state index contributed by atoms with van der Waals surface area (Å²) in [7, 11) is -4.38. The summed E-state index contributed by atoms with van der Waals surface area (Å²) in [4.78, 5) is 5.47. The number of rotatable bonds is 24. The predicted octanol–water partition coefficient (Wildman–Crippen LogP) is 6.84. The highest BCUT2D eigenvalue weighted by Gasteiger charge is 2.28. The highest BCUT2D eigenvalue weighted by Crippen LogP contribution is 2.23. The molecule has 0 fully saturated rings. The first-order valence-corrected chi connectivity index (χ1v) is 23.6. The van der Waals surface area contributed by atoms with Crippen LogP contribution in [0.15, 0.2) is 0 Å². The van der Waals surface area contributed by atoms with Crippen molar-refractivity contribution in [2.75, 3.05) is 39.6 Å². The van der Waals surface area contributed by atoms with Gasteiger partial charge < -0.3 is 19.0 Å². The van der Waals surface area contributed by atoms with Gasteiger partial charge in [-0.25, -0.2) is 4.89 Å². The van der Waals surface area contributed by atoms with Crippen molar-refractivity contribution in [1.82, 2.24) is 0 Å². The number of aliphatic hydroxyl groups is 1. The van der Waals surface area contributed by atoms with Crippen LogP contribution in [0, 0.1) is 0 Å². The van der Waals surface area contributed by atoms with Gasteiger partial charge in [0.1, 0.15) is 6.10 Å². The van der Waals surface area contributed by atoms with Gasteiger partial charge in [0.2, 0.25) is 8.32 Å². The summed E-state index contributed by atoms with van der Waals surface area (Å²) in [5.74, 6) is 0. The van der Waals surface area contributed by atoms with E-state index in [0.717, 1.165) is 44.4 Å². The lowest BCUT2D eigenvalue weighted by Gasteiger charge is -2.28. The smallest absolute Gasteiger partial charge is 0.230 e. The number of hydrogen-bond donors (Lipinski definition) is 1. The summed E-state index contributed by atoms with van der Waals surface area (Å²) in [5.41, 5.74) is 0. The van der Waals surface area contributed by atoms with Crippen LogP contribution in [0.4, 0.5) is 0 Å². The maximum Gasteiger partial charge on any atom is 0.230 e. The zero-order valence-corrected chi connectivity index (χ0v) is 26.9. The van der Waals surface area contributed by atoms with Crippen molar-refractivity contribution in [1.29, 1.82) is 0 Å². The van der Waals surface area contributed by atoms with E-state index in [1.54, 1.807) is 0 Å². The molecule has 0 spiro atoms. The van der Waals surface area contributed by atoms with E-state index in [2.05, 4.69) is 52.8 Å². The largest absolute Gasteiger partial charge is 0.417 e. The van der Waals surface area contributed by atoms with E-state index < -0.39 is 30.8 Å². The fourth-order valence-corrected chi connectivity index (χ4v) is 8.31. The molecule has 2 atom stereocenters. The molecule has 0 saturated heterocycles. The summed E-state index contributed by atoms with van der Waals surface area (Å²) in [5, 5.41) is 9.92. The molecule has 206 valence electrons. The Morgan fingerprint density at radius 3 is 1.82 bits per heavy atom. The summed E-state index contributed by atoms with van der Waals surface area (Å²) in [6.07, 6.45) is 7.47. The molecule has 0 aliphatic carbocycles. The van der Waals surface area contributed by atoms with E-state index in [-0.39, 0.29) is 0 Å². The molecule has 34 heavy (non-hydrogen) atoms. The highest BCUT2D eigenvalue weighted by atomic mass is 28.4. The van der Waals surface area contributed by atoms with Crippen molar-refractivity contribution >= 4 is 24.7 Å². The molecule has 0 aromatic heterocycles. The zero-order valence-electron chi connectivity index (χ0n) is 23.9. The minimum absolute atomic E-state index is 0.335. The van der Waals surface area contributed by atoms with Crippen LogP contribution < -0.4 is 0 Å². The van der Waals surface area contributed by atoms with Gasteiger partial charge in [-0.1, -0.05) is 51.9 Å². The van der Waals surface area contributed by atoms with Crippen LogP contribution in [0.3, 0.4) is 0 Å². The number of unbranched alkanes of at least 4 members (excludes halogenated alkanes) is 3. The van der Waals surface area contributed by atoms with Gasteiger partial charge in [0, 0.05) is 27.9 Å². The van der Waals surface area contributed by atoms with Gasteiger partial charge in [-0.05, 0) is 64.0 Å². The fraction of sp³-hybridized carbons (Fsp3) is 1.00. The third-order valence-electron chi connectivity index (χ3n) is 5.48. The molecular formula is C25H58O6Si3. The number of ether oxygens (including phenoxy) is 2. The Bertz CT molecular complexity index is 471. The molecule has 0 rings (SSSR count). The molecule has 0 aromatic carbocycles. The van der Waals surface area contributed by atoms with Gasteiger partial charge in [0.15, 0.2) is 8.32 Å². The Hall–Kier alpha value is 0.411. The molecule has 6 nitrogen and oxygen atoms in total. The fourth-order valence-electron chi connectivity index (χ4n) is 3.60. The molecule has 0 aliphatic rings. The van der Waals surface area contributed by atoms with Crippen LogP contribution in [0.1, 0.15) is 51.9 Å². The van der Waals surface area contributed by atoms with Gasteiger partial charge in [0.05, 0.1) is 19.8 Å². The molecule has 0 bridgehead atoms. The molecule has 0 radical (unpaired) electrons. The van der Waals surface area contributed by atoms with Crippen LogP contribution in [-0.4, -0.2) is 75.6 Å². The Morgan fingerprint density at radius 1 is 0.647 bits per heavy atom. The second-order valence-corrected chi connectivity index (χ2v) is 26.3. The van der Waals surface area contributed by atoms with Crippen LogP contribution in [0.2, 0.25) is 64.0 Å². The van der Waals surface area contributed by atoms with Crippen molar-refractivity contribution in [3.8, 4) is 0 Å². The van der Waals surface area contributed by atoms with Crippen LogP contribution in [0.25, 0.3) is 0 Å². The van der Waals surface area contributed by atoms with E-state index in [4.69, 9.17) is 23.4 Å². The molecule has 0 heterocycles. The molecule has 0 amide bonds. The van der Waals surface area contributed by atoms with Crippen molar-refractivity contribution in [3.63, 3.8) is 0 Å². The van der Waals surface area contributed by atoms with Crippen LogP contribution >= 0.6 is 0 Å².